The lowest BCUT2D eigenvalue weighted by Gasteiger charge is -2.38. The maximum Gasteiger partial charge on any atom is 0.407 e. The van der Waals surface area contributed by atoms with Crippen LogP contribution >= 0.6 is 0 Å². The third kappa shape index (κ3) is 3.83. The first-order valence-corrected chi connectivity index (χ1v) is 8.33. The van der Waals surface area contributed by atoms with Crippen LogP contribution in [0.2, 0.25) is 0 Å². The van der Waals surface area contributed by atoms with Crippen molar-refractivity contribution in [3.8, 4) is 6.07 Å². The van der Waals surface area contributed by atoms with E-state index in [2.05, 4.69) is 21.4 Å². The molecule has 1 aromatic carbocycles. The van der Waals surface area contributed by atoms with E-state index in [1.165, 1.54) is 4.90 Å². The number of nitriles is 1. The summed E-state index contributed by atoms with van der Waals surface area (Å²) < 4.78 is 0. The summed E-state index contributed by atoms with van der Waals surface area (Å²) in [5.41, 5.74) is 2.25. The summed E-state index contributed by atoms with van der Waals surface area (Å²) in [6.45, 7) is 5.26. The number of anilines is 3. The molecule has 1 amide bonds. The lowest BCUT2D eigenvalue weighted by Crippen LogP contribution is -2.54. The van der Waals surface area contributed by atoms with Crippen LogP contribution in [0.1, 0.15) is 18.2 Å². The average Bonchev–Trinajstić information content (AvgIpc) is 2.61. The quantitative estimate of drug-likeness (QED) is 0.874. The second kappa shape index (κ2) is 7.27. The van der Waals surface area contributed by atoms with E-state index in [0.717, 1.165) is 11.4 Å². The zero-order valence-electron chi connectivity index (χ0n) is 14.7. The number of aryl methyl sites for hydroxylation is 1. The number of aromatic nitrogens is 2. The van der Waals surface area contributed by atoms with Crippen molar-refractivity contribution >= 4 is 23.5 Å². The molecule has 134 valence electrons. The highest BCUT2D eigenvalue weighted by Gasteiger charge is 2.28. The van der Waals surface area contributed by atoms with Crippen molar-refractivity contribution < 1.29 is 9.90 Å². The predicted octanol–water partition coefficient (Wildman–Crippen LogP) is 2.59. The smallest absolute Gasteiger partial charge is 0.407 e. The van der Waals surface area contributed by atoms with E-state index >= 15 is 0 Å². The Bertz CT molecular complexity index is 846. The van der Waals surface area contributed by atoms with E-state index in [0.29, 0.717) is 37.0 Å². The highest BCUT2D eigenvalue weighted by Crippen LogP contribution is 2.22. The molecule has 0 bridgehead atoms. The fourth-order valence-corrected chi connectivity index (χ4v) is 2.95. The summed E-state index contributed by atoms with van der Waals surface area (Å²) in [7, 11) is 0. The van der Waals surface area contributed by atoms with Crippen LogP contribution in [0.15, 0.2) is 30.3 Å². The summed E-state index contributed by atoms with van der Waals surface area (Å²) in [6.07, 6.45) is -0.898. The first-order chi connectivity index (χ1) is 12.5. The molecule has 0 spiro atoms. The zero-order valence-corrected chi connectivity index (χ0v) is 14.7. The Balaban J connectivity index is 1.79. The van der Waals surface area contributed by atoms with Crippen molar-refractivity contribution in [2.75, 3.05) is 29.9 Å². The highest BCUT2D eigenvalue weighted by atomic mass is 16.4. The lowest BCUT2D eigenvalue weighted by atomic mass is 10.2. The van der Waals surface area contributed by atoms with Gasteiger partial charge in [0.2, 0.25) is 5.95 Å². The molecule has 1 aliphatic heterocycles. The van der Waals surface area contributed by atoms with Gasteiger partial charge in [-0.3, -0.25) is 0 Å². The number of rotatable bonds is 3. The van der Waals surface area contributed by atoms with Crippen molar-refractivity contribution in [2.45, 2.75) is 19.9 Å². The fraction of sp³-hybridized carbons (Fsp3) is 0.333. The first-order valence-electron chi connectivity index (χ1n) is 8.33. The molecule has 1 atom stereocenters. The Labute approximate surface area is 151 Å². The van der Waals surface area contributed by atoms with Crippen molar-refractivity contribution in [1.82, 2.24) is 14.9 Å². The van der Waals surface area contributed by atoms with Gasteiger partial charge in [-0.2, -0.15) is 10.2 Å². The molecule has 26 heavy (non-hydrogen) atoms. The standard InChI is InChI=1S/C18H20N6O2/c1-12-9-16(21-15-5-3-14(10-19)4-6-15)22-17(20-12)24-8-7-23(18(25)26)11-13(24)2/h3-6,9,13H,7-8,11H2,1-2H3,(H,25,26)(H,20,21,22). The number of amides is 1. The monoisotopic (exact) mass is 352 g/mol. The van der Waals surface area contributed by atoms with Crippen molar-refractivity contribution in [1.29, 1.82) is 5.26 Å². The second-order valence-electron chi connectivity index (χ2n) is 6.28. The average molecular weight is 352 g/mol. The molecule has 0 radical (unpaired) electrons. The molecule has 8 heteroatoms. The number of hydrogen-bond donors (Lipinski definition) is 2. The predicted molar refractivity (Wildman–Crippen MR) is 97.6 cm³/mol. The summed E-state index contributed by atoms with van der Waals surface area (Å²) in [5, 5.41) is 21.3. The number of carbonyl (C=O) groups is 1. The number of carboxylic acid groups (broad SMARTS) is 1. The molecule has 0 saturated carbocycles. The van der Waals surface area contributed by atoms with Gasteiger partial charge in [-0.25, -0.2) is 9.78 Å². The zero-order chi connectivity index (χ0) is 18.7. The van der Waals surface area contributed by atoms with E-state index in [4.69, 9.17) is 10.4 Å². The molecule has 2 aromatic rings. The molecule has 1 aliphatic rings. The topological polar surface area (TPSA) is 105 Å². The van der Waals surface area contributed by atoms with Crippen molar-refractivity contribution in [3.63, 3.8) is 0 Å². The first kappa shape index (κ1) is 17.5. The van der Waals surface area contributed by atoms with Crippen LogP contribution in [0.25, 0.3) is 0 Å². The normalized spacial score (nSPS) is 16.9. The van der Waals surface area contributed by atoms with Crippen LogP contribution in [0.5, 0.6) is 0 Å². The lowest BCUT2D eigenvalue weighted by molar-refractivity contribution is 0.136. The third-order valence-electron chi connectivity index (χ3n) is 4.28. The number of piperazine rings is 1. The molecule has 2 heterocycles. The fourth-order valence-electron chi connectivity index (χ4n) is 2.95. The number of nitrogens with zero attached hydrogens (tertiary/aromatic N) is 5. The van der Waals surface area contributed by atoms with E-state index in [1.807, 2.05) is 36.9 Å². The van der Waals surface area contributed by atoms with Crippen LogP contribution in [-0.4, -0.2) is 51.7 Å². The highest BCUT2D eigenvalue weighted by molar-refractivity contribution is 5.65. The van der Waals surface area contributed by atoms with Gasteiger partial charge in [-0.15, -0.1) is 0 Å². The van der Waals surface area contributed by atoms with Gasteiger partial charge in [0.1, 0.15) is 5.82 Å². The molecular weight excluding hydrogens is 332 g/mol. The van der Waals surface area contributed by atoms with Crippen molar-refractivity contribution in [2.24, 2.45) is 0 Å². The Morgan fingerprint density at radius 2 is 2.04 bits per heavy atom. The third-order valence-corrected chi connectivity index (χ3v) is 4.28. The van der Waals surface area contributed by atoms with Gasteiger partial charge in [-0.05, 0) is 38.1 Å². The van der Waals surface area contributed by atoms with E-state index < -0.39 is 6.09 Å². The summed E-state index contributed by atoms with van der Waals surface area (Å²) in [5.74, 6) is 1.24. The molecule has 1 aromatic heterocycles. The number of hydrogen-bond acceptors (Lipinski definition) is 6. The van der Waals surface area contributed by atoms with Gasteiger partial charge in [0.05, 0.1) is 11.6 Å². The molecule has 2 N–H and O–H groups in total. The number of nitrogens with one attached hydrogen (secondary N) is 1. The van der Waals surface area contributed by atoms with Gasteiger partial charge >= 0.3 is 6.09 Å². The van der Waals surface area contributed by atoms with Crippen LogP contribution in [0, 0.1) is 18.3 Å². The van der Waals surface area contributed by atoms with Crippen LogP contribution in [0.4, 0.5) is 22.2 Å². The van der Waals surface area contributed by atoms with Crippen LogP contribution in [0.3, 0.4) is 0 Å². The summed E-state index contributed by atoms with van der Waals surface area (Å²) in [4.78, 5) is 23.7. The molecule has 1 fully saturated rings. The Kier molecular flexibility index (Phi) is 4.89. The molecule has 0 aliphatic carbocycles. The van der Waals surface area contributed by atoms with Gasteiger partial charge < -0.3 is 20.2 Å². The molecule has 8 nitrogen and oxygen atoms in total. The Morgan fingerprint density at radius 1 is 1.31 bits per heavy atom. The van der Waals surface area contributed by atoms with Gasteiger partial charge in [-0.1, -0.05) is 0 Å². The van der Waals surface area contributed by atoms with E-state index in [9.17, 15) is 4.79 Å². The minimum absolute atomic E-state index is 0.00980. The summed E-state index contributed by atoms with van der Waals surface area (Å²) >= 11 is 0. The van der Waals surface area contributed by atoms with Gasteiger partial charge in [0.15, 0.2) is 0 Å². The van der Waals surface area contributed by atoms with E-state index in [1.54, 1.807) is 12.1 Å². The molecular formula is C18H20N6O2. The largest absolute Gasteiger partial charge is 0.465 e. The Hall–Kier alpha value is -3.34. The van der Waals surface area contributed by atoms with Crippen molar-refractivity contribution in [3.05, 3.63) is 41.6 Å². The molecule has 3 rings (SSSR count). The Morgan fingerprint density at radius 3 is 2.65 bits per heavy atom. The minimum atomic E-state index is -0.898. The second-order valence-corrected chi connectivity index (χ2v) is 6.28. The minimum Gasteiger partial charge on any atom is -0.465 e. The maximum absolute atomic E-state index is 11.1. The maximum atomic E-state index is 11.1. The van der Waals surface area contributed by atoms with Gasteiger partial charge in [0.25, 0.3) is 0 Å². The SMILES string of the molecule is Cc1cc(Nc2ccc(C#N)cc2)nc(N2CCN(C(=O)O)CC2C)n1. The van der Waals surface area contributed by atoms with Crippen LogP contribution < -0.4 is 10.2 Å². The van der Waals surface area contributed by atoms with Gasteiger partial charge in [0, 0.05) is 43.1 Å². The van der Waals surface area contributed by atoms with Crippen LogP contribution in [-0.2, 0) is 0 Å². The number of benzene rings is 1. The van der Waals surface area contributed by atoms with E-state index in [-0.39, 0.29) is 6.04 Å². The molecule has 1 saturated heterocycles. The summed E-state index contributed by atoms with van der Waals surface area (Å²) in [6, 6.07) is 11.1. The molecule has 1 unspecified atom stereocenters.